The number of likely N-dealkylation sites (N-methyl/N-ethyl adjacent to an activating group) is 1. The van der Waals surface area contributed by atoms with E-state index < -0.39 is 0 Å². The van der Waals surface area contributed by atoms with E-state index in [9.17, 15) is 0 Å². The van der Waals surface area contributed by atoms with Gasteiger partial charge >= 0.3 is 0 Å². The highest BCUT2D eigenvalue weighted by Gasteiger charge is 2.23. The summed E-state index contributed by atoms with van der Waals surface area (Å²) in [5, 5.41) is 7.21. The van der Waals surface area contributed by atoms with Gasteiger partial charge in [0, 0.05) is 62.7 Å². The Morgan fingerprint density at radius 2 is 1.66 bits per heavy atom. The highest BCUT2D eigenvalue weighted by molar-refractivity contribution is 14.0. The molecule has 32 heavy (non-hydrogen) atoms. The van der Waals surface area contributed by atoms with Gasteiger partial charge in [-0.1, -0.05) is 26.7 Å². The van der Waals surface area contributed by atoms with Crippen molar-refractivity contribution in [2.75, 3.05) is 59.9 Å². The Morgan fingerprint density at radius 1 is 1.09 bits per heavy atom. The largest absolute Gasteiger partial charge is 0.497 e. The van der Waals surface area contributed by atoms with Gasteiger partial charge in [-0.3, -0.25) is 4.99 Å². The lowest BCUT2D eigenvalue weighted by molar-refractivity contribution is 0.200. The number of halogens is 1. The summed E-state index contributed by atoms with van der Waals surface area (Å²) in [7, 11) is 9.58. The number of rotatable bonds is 10. The van der Waals surface area contributed by atoms with Crippen LogP contribution in [-0.4, -0.2) is 77.9 Å². The van der Waals surface area contributed by atoms with Gasteiger partial charge in [-0.05, 0) is 32.9 Å². The lowest BCUT2D eigenvalue weighted by Crippen LogP contribution is -2.52. The third kappa shape index (κ3) is 8.17. The molecule has 0 bridgehead atoms. The summed E-state index contributed by atoms with van der Waals surface area (Å²) in [6.45, 7) is 7.44. The molecule has 2 N–H and O–H groups in total. The fourth-order valence-corrected chi connectivity index (χ4v) is 4.45. The molecule has 8 heteroatoms. The summed E-state index contributed by atoms with van der Waals surface area (Å²) in [6.07, 6.45) is 4.51. The Hall–Kier alpha value is -1.42. The lowest BCUT2D eigenvalue weighted by Gasteiger charge is -2.35. The summed E-state index contributed by atoms with van der Waals surface area (Å²) in [6, 6.07) is 6.99. The van der Waals surface area contributed by atoms with Crippen molar-refractivity contribution in [3.05, 3.63) is 18.2 Å². The Kier molecular flexibility index (Phi) is 13.1. The van der Waals surface area contributed by atoms with E-state index in [1.807, 2.05) is 13.1 Å². The van der Waals surface area contributed by atoms with Crippen LogP contribution in [0.5, 0.6) is 11.5 Å². The predicted molar refractivity (Wildman–Crippen MR) is 146 cm³/mol. The average Bonchev–Trinajstić information content (AvgIpc) is 2.80. The van der Waals surface area contributed by atoms with Gasteiger partial charge in [-0.2, -0.15) is 0 Å². The number of nitrogens with zero attached hydrogens (tertiary/aromatic N) is 3. The monoisotopic (exact) mass is 561 g/mol. The summed E-state index contributed by atoms with van der Waals surface area (Å²) in [5.74, 6) is 3.24. The van der Waals surface area contributed by atoms with Crippen molar-refractivity contribution < 1.29 is 9.47 Å². The minimum Gasteiger partial charge on any atom is -0.497 e. The first-order valence-electron chi connectivity index (χ1n) is 11.6. The van der Waals surface area contributed by atoms with E-state index in [4.69, 9.17) is 9.47 Å². The maximum Gasteiger partial charge on any atom is 0.191 e. The number of anilines is 1. The molecule has 1 fully saturated rings. The molecule has 0 saturated carbocycles. The van der Waals surface area contributed by atoms with E-state index in [1.165, 1.54) is 12.8 Å². The number of aliphatic imine (C=N–C) groups is 1. The van der Waals surface area contributed by atoms with E-state index in [-0.39, 0.29) is 24.0 Å². The van der Waals surface area contributed by atoms with Crippen LogP contribution in [0.3, 0.4) is 0 Å². The summed E-state index contributed by atoms with van der Waals surface area (Å²) in [4.78, 5) is 9.21. The molecule has 1 aromatic carbocycles. The minimum absolute atomic E-state index is 0. The molecule has 0 aliphatic carbocycles. The van der Waals surface area contributed by atoms with E-state index in [0.717, 1.165) is 55.6 Å². The molecular weight excluding hydrogens is 517 g/mol. The average molecular weight is 562 g/mol. The van der Waals surface area contributed by atoms with Crippen molar-refractivity contribution in [3.8, 4) is 11.5 Å². The number of piperidine rings is 1. The van der Waals surface area contributed by atoms with Crippen LogP contribution in [0.25, 0.3) is 0 Å². The smallest absolute Gasteiger partial charge is 0.191 e. The van der Waals surface area contributed by atoms with Crippen LogP contribution in [0, 0.1) is 5.92 Å². The Bertz CT molecular complexity index is 667. The molecule has 1 unspecified atom stereocenters. The number of hydrogen-bond acceptors (Lipinski definition) is 5. The molecule has 0 amide bonds. The number of guanidine groups is 1. The van der Waals surface area contributed by atoms with Gasteiger partial charge in [0.05, 0.1) is 14.2 Å². The molecule has 1 aromatic rings. The zero-order valence-corrected chi connectivity index (χ0v) is 23.3. The number of hydrogen-bond donors (Lipinski definition) is 2. The van der Waals surface area contributed by atoms with Crippen LogP contribution >= 0.6 is 24.0 Å². The van der Waals surface area contributed by atoms with Gasteiger partial charge in [0.1, 0.15) is 11.5 Å². The fourth-order valence-electron chi connectivity index (χ4n) is 4.45. The Morgan fingerprint density at radius 3 is 2.09 bits per heavy atom. The second kappa shape index (κ2) is 14.7. The number of benzene rings is 1. The quantitative estimate of drug-likeness (QED) is 0.258. The predicted octanol–water partition coefficient (Wildman–Crippen LogP) is 3.82. The molecule has 0 aromatic heterocycles. The second-order valence-electron chi connectivity index (χ2n) is 8.54. The number of ether oxygens (including phenoxy) is 2. The van der Waals surface area contributed by atoms with Crippen LogP contribution in [0.15, 0.2) is 23.2 Å². The zero-order valence-electron chi connectivity index (χ0n) is 21.0. The van der Waals surface area contributed by atoms with Gasteiger partial charge in [-0.25, -0.2) is 0 Å². The van der Waals surface area contributed by atoms with Crippen molar-refractivity contribution in [2.24, 2.45) is 10.9 Å². The standard InChI is InChI=1S/C24H43N5O2.HI/c1-8-18(9-2)23(28(4)5)17-26-24(25-3)27-19-10-12-29(13-11-19)20-14-21(30-6)16-22(15-20)31-7;/h14-16,18-19,23H,8-13,17H2,1-7H3,(H2,25,26,27);1H. The van der Waals surface area contributed by atoms with Gasteiger partial charge in [-0.15, -0.1) is 24.0 Å². The maximum absolute atomic E-state index is 5.43. The van der Waals surface area contributed by atoms with Crippen molar-refractivity contribution >= 4 is 35.6 Å². The number of nitrogens with one attached hydrogen (secondary N) is 2. The summed E-state index contributed by atoms with van der Waals surface area (Å²) < 4.78 is 10.9. The molecule has 1 aliphatic rings. The second-order valence-corrected chi connectivity index (χ2v) is 8.54. The first-order chi connectivity index (χ1) is 14.9. The van der Waals surface area contributed by atoms with Gasteiger partial charge in [0.15, 0.2) is 5.96 Å². The van der Waals surface area contributed by atoms with Crippen molar-refractivity contribution in [3.63, 3.8) is 0 Å². The highest BCUT2D eigenvalue weighted by atomic mass is 127. The molecule has 2 rings (SSSR count). The molecule has 1 aliphatic heterocycles. The first kappa shape index (κ1) is 28.6. The van der Waals surface area contributed by atoms with Crippen LogP contribution in [-0.2, 0) is 0 Å². The van der Waals surface area contributed by atoms with Gasteiger partial charge in [0.2, 0.25) is 0 Å². The molecule has 1 heterocycles. The lowest BCUT2D eigenvalue weighted by atomic mass is 9.93. The maximum atomic E-state index is 5.43. The third-order valence-corrected chi connectivity index (χ3v) is 6.50. The topological polar surface area (TPSA) is 61.4 Å². The van der Waals surface area contributed by atoms with E-state index in [0.29, 0.717) is 18.0 Å². The Labute approximate surface area is 212 Å². The summed E-state index contributed by atoms with van der Waals surface area (Å²) in [5.41, 5.74) is 1.15. The van der Waals surface area contributed by atoms with Gasteiger partial charge < -0.3 is 29.9 Å². The van der Waals surface area contributed by atoms with Crippen LogP contribution < -0.4 is 25.0 Å². The normalized spacial score (nSPS) is 16.0. The molecular formula is C24H44IN5O2. The van der Waals surface area contributed by atoms with Crippen LogP contribution in [0.2, 0.25) is 0 Å². The van der Waals surface area contributed by atoms with E-state index in [2.05, 4.69) is 65.5 Å². The van der Waals surface area contributed by atoms with Crippen molar-refractivity contribution in [1.29, 1.82) is 0 Å². The summed E-state index contributed by atoms with van der Waals surface area (Å²) >= 11 is 0. The van der Waals surface area contributed by atoms with Crippen molar-refractivity contribution in [2.45, 2.75) is 51.6 Å². The zero-order chi connectivity index (χ0) is 22.8. The third-order valence-electron chi connectivity index (χ3n) is 6.50. The SMILES string of the molecule is CCC(CC)C(CNC(=NC)NC1CCN(c2cc(OC)cc(OC)c2)CC1)N(C)C.I. The molecule has 184 valence electrons. The fraction of sp³-hybridized carbons (Fsp3) is 0.708. The molecule has 0 spiro atoms. The number of methoxy groups -OCH3 is 2. The van der Waals surface area contributed by atoms with Crippen LogP contribution in [0.4, 0.5) is 5.69 Å². The van der Waals surface area contributed by atoms with Gasteiger partial charge in [0.25, 0.3) is 0 Å². The minimum atomic E-state index is 0. The van der Waals surface area contributed by atoms with Crippen molar-refractivity contribution in [1.82, 2.24) is 15.5 Å². The highest BCUT2D eigenvalue weighted by Crippen LogP contribution is 2.30. The van der Waals surface area contributed by atoms with E-state index in [1.54, 1.807) is 14.2 Å². The molecule has 1 saturated heterocycles. The van der Waals surface area contributed by atoms with Crippen LogP contribution in [0.1, 0.15) is 39.5 Å². The molecule has 1 atom stereocenters. The first-order valence-corrected chi connectivity index (χ1v) is 11.6. The molecule has 0 radical (unpaired) electrons. The van der Waals surface area contributed by atoms with E-state index >= 15 is 0 Å². The molecule has 7 nitrogen and oxygen atoms in total. The Balaban J connectivity index is 0.00000512.